The van der Waals surface area contributed by atoms with Crippen LogP contribution in [0, 0.1) is 12.8 Å². The molecule has 0 atom stereocenters. The maximum atomic E-state index is 4.85. The Labute approximate surface area is 176 Å². The molecular formula is C23H27N7. The van der Waals surface area contributed by atoms with Crippen LogP contribution in [0.2, 0.25) is 0 Å². The van der Waals surface area contributed by atoms with Crippen molar-refractivity contribution in [1.82, 2.24) is 20.3 Å². The SMILES string of the molecule is Cc1cc(Nc2ncc3ccc4c(c3n2)C(C(C)C)=NC4)ncc1N1CCNCC1. The Morgan fingerprint density at radius 3 is 2.70 bits per heavy atom. The summed E-state index contributed by atoms with van der Waals surface area (Å²) in [5, 5.41) is 7.72. The fourth-order valence-electron chi connectivity index (χ4n) is 4.31. The largest absolute Gasteiger partial charge is 0.368 e. The van der Waals surface area contributed by atoms with E-state index in [1.165, 1.54) is 22.4 Å². The van der Waals surface area contributed by atoms with Gasteiger partial charge in [-0.05, 0) is 30.0 Å². The highest BCUT2D eigenvalue weighted by atomic mass is 15.2. The first kappa shape index (κ1) is 18.9. The molecule has 0 aliphatic carbocycles. The second-order valence-corrected chi connectivity index (χ2v) is 8.31. The number of hydrogen-bond donors (Lipinski definition) is 2. The first-order valence-electron chi connectivity index (χ1n) is 10.6. The van der Waals surface area contributed by atoms with E-state index in [0.717, 1.165) is 55.2 Å². The van der Waals surface area contributed by atoms with Gasteiger partial charge in [-0.25, -0.2) is 15.0 Å². The molecule has 4 heterocycles. The van der Waals surface area contributed by atoms with E-state index in [1.807, 2.05) is 12.4 Å². The summed E-state index contributed by atoms with van der Waals surface area (Å²) in [7, 11) is 0. The molecule has 0 spiro atoms. The van der Waals surface area contributed by atoms with Crippen LogP contribution in [0.5, 0.6) is 0 Å². The van der Waals surface area contributed by atoms with Crippen LogP contribution in [0.1, 0.15) is 30.5 Å². The molecule has 2 aliphatic heterocycles. The number of aromatic nitrogens is 3. The number of pyridine rings is 1. The quantitative estimate of drug-likeness (QED) is 0.697. The first-order chi connectivity index (χ1) is 14.6. The summed E-state index contributed by atoms with van der Waals surface area (Å²) in [5.74, 6) is 1.69. The smallest absolute Gasteiger partial charge is 0.228 e. The Morgan fingerprint density at radius 2 is 1.93 bits per heavy atom. The van der Waals surface area contributed by atoms with Crippen molar-refractivity contribution in [2.75, 3.05) is 36.4 Å². The highest BCUT2D eigenvalue weighted by Crippen LogP contribution is 2.30. The maximum Gasteiger partial charge on any atom is 0.228 e. The minimum atomic E-state index is 0.366. The van der Waals surface area contributed by atoms with E-state index in [2.05, 4.69) is 64.5 Å². The van der Waals surface area contributed by atoms with E-state index in [1.54, 1.807) is 0 Å². The molecule has 30 heavy (non-hydrogen) atoms. The molecule has 0 radical (unpaired) electrons. The minimum Gasteiger partial charge on any atom is -0.368 e. The minimum absolute atomic E-state index is 0.366. The predicted molar refractivity (Wildman–Crippen MR) is 122 cm³/mol. The Balaban J connectivity index is 1.45. The number of benzene rings is 1. The lowest BCUT2D eigenvalue weighted by molar-refractivity contribution is 0.588. The molecule has 2 aromatic heterocycles. The fourth-order valence-corrected chi connectivity index (χ4v) is 4.31. The van der Waals surface area contributed by atoms with Gasteiger partial charge in [-0.3, -0.25) is 4.99 Å². The van der Waals surface area contributed by atoms with Gasteiger partial charge in [-0.2, -0.15) is 0 Å². The van der Waals surface area contributed by atoms with Gasteiger partial charge in [0.05, 0.1) is 23.9 Å². The molecule has 1 fully saturated rings. The van der Waals surface area contributed by atoms with Crippen LogP contribution in [0.4, 0.5) is 17.5 Å². The van der Waals surface area contributed by atoms with Crippen molar-refractivity contribution < 1.29 is 0 Å². The van der Waals surface area contributed by atoms with Gasteiger partial charge >= 0.3 is 0 Å². The topological polar surface area (TPSA) is 78.3 Å². The monoisotopic (exact) mass is 401 g/mol. The average molecular weight is 402 g/mol. The van der Waals surface area contributed by atoms with Crippen molar-refractivity contribution in [3.05, 3.63) is 47.3 Å². The normalized spacial score (nSPS) is 16.1. The van der Waals surface area contributed by atoms with Gasteiger partial charge in [0.25, 0.3) is 0 Å². The summed E-state index contributed by atoms with van der Waals surface area (Å²) in [4.78, 5) is 21.1. The van der Waals surface area contributed by atoms with Gasteiger partial charge < -0.3 is 15.5 Å². The van der Waals surface area contributed by atoms with E-state index in [0.29, 0.717) is 11.9 Å². The van der Waals surface area contributed by atoms with Crippen LogP contribution in [-0.2, 0) is 6.54 Å². The molecule has 0 amide bonds. The second-order valence-electron chi connectivity index (χ2n) is 8.31. The van der Waals surface area contributed by atoms with Crippen molar-refractivity contribution in [3.63, 3.8) is 0 Å². The summed E-state index contributed by atoms with van der Waals surface area (Å²) in [6.07, 6.45) is 3.83. The van der Waals surface area contributed by atoms with Crippen molar-refractivity contribution >= 4 is 34.1 Å². The summed E-state index contributed by atoms with van der Waals surface area (Å²) in [5.41, 5.74) is 6.90. The van der Waals surface area contributed by atoms with Gasteiger partial charge in [0, 0.05) is 49.0 Å². The van der Waals surface area contributed by atoms with Gasteiger partial charge in [0.1, 0.15) is 5.82 Å². The van der Waals surface area contributed by atoms with Crippen LogP contribution in [-0.4, -0.2) is 46.8 Å². The molecule has 7 heteroatoms. The Hall–Kier alpha value is -3.06. The lowest BCUT2D eigenvalue weighted by Crippen LogP contribution is -2.43. The summed E-state index contributed by atoms with van der Waals surface area (Å²) in [6, 6.07) is 6.30. The van der Waals surface area contributed by atoms with E-state index in [-0.39, 0.29) is 0 Å². The average Bonchev–Trinajstić information content (AvgIpc) is 3.20. The molecular weight excluding hydrogens is 374 g/mol. The molecule has 5 rings (SSSR count). The number of hydrogen-bond acceptors (Lipinski definition) is 7. The Bertz CT molecular complexity index is 1130. The summed E-state index contributed by atoms with van der Waals surface area (Å²) >= 11 is 0. The maximum absolute atomic E-state index is 4.85. The van der Waals surface area contributed by atoms with Crippen molar-refractivity contribution in [3.8, 4) is 0 Å². The lowest BCUT2D eigenvalue weighted by atomic mass is 9.96. The molecule has 2 aliphatic rings. The fraction of sp³-hybridized carbons (Fsp3) is 0.391. The van der Waals surface area contributed by atoms with Crippen LogP contribution < -0.4 is 15.5 Å². The highest BCUT2D eigenvalue weighted by molar-refractivity contribution is 6.13. The number of piperazine rings is 1. The zero-order valence-corrected chi connectivity index (χ0v) is 17.7. The van der Waals surface area contributed by atoms with Crippen molar-refractivity contribution in [1.29, 1.82) is 0 Å². The van der Waals surface area contributed by atoms with Gasteiger partial charge in [-0.15, -0.1) is 0 Å². The number of anilines is 3. The Kier molecular flexibility index (Phi) is 4.83. The highest BCUT2D eigenvalue weighted by Gasteiger charge is 2.22. The van der Waals surface area contributed by atoms with E-state index in [4.69, 9.17) is 9.98 Å². The van der Waals surface area contributed by atoms with Gasteiger partial charge in [0.15, 0.2) is 0 Å². The number of aliphatic imine (C=N–C) groups is 1. The van der Waals surface area contributed by atoms with E-state index < -0.39 is 0 Å². The van der Waals surface area contributed by atoms with Crippen LogP contribution in [0.15, 0.2) is 35.6 Å². The summed E-state index contributed by atoms with van der Waals surface area (Å²) in [6.45, 7) is 11.3. The van der Waals surface area contributed by atoms with Crippen molar-refractivity contribution in [2.24, 2.45) is 10.9 Å². The van der Waals surface area contributed by atoms with Crippen LogP contribution >= 0.6 is 0 Å². The standard InChI is InChI=1S/C23H27N7/c1-14(2)21-20-16(11-26-21)4-5-17-12-27-23(29-22(17)20)28-19-10-15(3)18(13-25-19)30-8-6-24-7-9-30/h4-5,10,12-14,24H,6-9,11H2,1-3H3,(H,25,27,28,29). The molecule has 0 unspecified atom stereocenters. The predicted octanol–water partition coefficient (Wildman–Crippen LogP) is 3.45. The molecule has 0 saturated carbocycles. The van der Waals surface area contributed by atoms with Crippen LogP contribution in [0.3, 0.4) is 0 Å². The number of nitrogens with one attached hydrogen (secondary N) is 2. The number of aryl methyl sites for hydroxylation is 1. The third-order valence-electron chi connectivity index (χ3n) is 5.84. The van der Waals surface area contributed by atoms with E-state index >= 15 is 0 Å². The third-order valence-corrected chi connectivity index (χ3v) is 5.84. The molecule has 1 saturated heterocycles. The van der Waals surface area contributed by atoms with Gasteiger partial charge in [-0.1, -0.05) is 26.0 Å². The molecule has 2 N–H and O–H groups in total. The zero-order chi connectivity index (χ0) is 20.7. The number of nitrogens with zero attached hydrogens (tertiary/aromatic N) is 5. The second kappa shape index (κ2) is 7.65. The molecule has 1 aromatic carbocycles. The van der Waals surface area contributed by atoms with Crippen LogP contribution in [0.25, 0.3) is 10.9 Å². The Morgan fingerprint density at radius 1 is 1.10 bits per heavy atom. The molecule has 154 valence electrons. The lowest BCUT2D eigenvalue weighted by Gasteiger charge is -2.30. The third kappa shape index (κ3) is 3.39. The summed E-state index contributed by atoms with van der Waals surface area (Å²) < 4.78 is 0. The zero-order valence-electron chi connectivity index (χ0n) is 17.7. The number of fused-ring (bicyclic) bond motifs is 3. The van der Waals surface area contributed by atoms with Crippen molar-refractivity contribution in [2.45, 2.75) is 27.3 Å². The van der Waals surface area contributed by atoms with E-state index in [9.17, 15) is 0 Å². The first-order valence-corrected chi connectivity index (χ1v) is 10.6. The molecule has 3 aromatic rings. The molecule has 7 nitrogen and oxygen atoms in total. The molecule has 0 bridgehead atoms. The van der Waals surface area contributed by atoms with Gasteiger partial charge in [0.2, 0.25) is 5.95 Å². The number of rotatable bonds is 4.